The van der Waals surface area contributed by atoms with E-state index in [9.17, 15) is 9.90 Å². The van der Waals surface area contributed by atoms with Gasteiger partial charge in [-0.15, -0.1) is 0 Å². The fourth-order valence-corrected chi connectivity index (χ4v) is 2.04. The number of carbonyl (C=O) groups is 1. The number of benzene rings is 1. The van der Waals surface area contributed by atoms with E-state index in [-0.39, 0.29) is 18.4 Å². The molecule has 0 spiro atoms. The van der Waals surface area contributed by atoms with Crippen LogP contribution in [-0.2, 0) is 11.3 Å². The Balaban J connectivity index is 1.96. The first-order valence-electron chi connectivity index (χ1n) is 6.48. The van der Waals surface area contributed by atoms with Gasteiger partial charge in [0.1, 0.15) is 5.75 Å². The topological polar surface area (TPSA) is 79.8 Å². The van der Waals surface area contributed by atoms with Crippen LogP contribution >= 0.6 is 0 Å². The maximum absolute atomic E-state index is 11.7. The maximum atomic E-state index is 11.7. The SMILES string of the molecule is CNC(=O)C(C)(C)CNCc1cc2c(cc1O)OCO2. The van der Waals surface area contributed by atoms with Crippen LogP contribution < -0.4 is 20.1 Å². The second kappa shape index (κ2) is 5.58. The third-order valence-corrected chi connectivity index (χ3v) is 3.30. The highest BCUT2D eigenvalue weighted by atomic mass is 16.7. The monoisotopic (exact) mass is 280 g/mol. The molecule has 2 rings (SSSR count). The molecule has 0 aromatic heterocycles. The summed E-state index contributed by atoms with van der Waals surface area (Å²) >= 11 is 0. The lowest BCUT2D eigenvalue weighted by Crippen LogP contribution is -2.41. The molecule has 0 bridgehead atoms. The van der Waals surface area contributed by atoms with Crippen molar-refractivity contribution >= 4 is 5.91 Å². The lowest BCUT2D eigenvalue weighted by Gasteiger charge is -2.23. The molecular formula is C14H20N2O4. The number of amides is 1. The van der Waals surface area contributed by atoms with Crippen molar-refractivity contribution in [2.24, 2.45) is 5.41 Å². The first-order chi connectivity index (χ1) is 9.44. The van der Waals surface area contributed by atoms with E-state index in [4.69, 9.17) is 9.47 Å². The molecule has 1 aliphatic rings. The number of nitrogens with one attached hydrogen (secondary N) is 2. The van der Waals surface area contributed by atoms with Gasteiger partial charge in [0.05, 0.1) is 5.41 Å². The lowest BCUT2D eigenvalue weighted by atomic mass is 9.92. The Kier molecular flexibility index (Phi) is 4.04. The summed E-state index contributed by atoms with van der Waals surface area (Å²) in [5, 5.41) is 15.7. The van der Waals surface area contributed by atoms with Gasteiger partial charge in [0, 0.05) is 31.8 Å². The fraction of sp³-hybridized carbons (Fsp3) is 0.500. The van der Waals surface area contributed by atoms with E-state index in [1.165, 1.54) is 0 Å². The molecule has 20 heavy (non-hydrogen) atoms. The number of fused-ring (bicyclic) bond motifs is 1. The number of ether oxygens (including phenoxy) is 2. The Labute approximate surface area is 118 Å². The lowest BCUT2D eigenvalue weighted by molar-refractivity contribution is -0.128. The molecule has 6 nitrogen and oxygen atoms in total. The summed E-state index contributed by atoms with van der Waals surface area (Å²) in [6.45, 7) is 4.84. The summed E-state index contributed by atoms with van der Waals surface area (Å²) in [4.78, 5) is 11.7. The van der Waals surface area contributed by atoms with Gasteiger partial charge < -0.3 is 25.2 Å². The van der Waals surface area contributed by atoms with Crippen LogP contribution in [-0.4, -0.2) is 31.4 Å². The van der Waals surface area contributed by atoms with Crippen molar-refractivity contribution in [2.75, 3.05) is 20.4 Å². The van der Waals surface area contributed by atoms with E-state index in [2.05, 4.69) is 10.6 Å². The minimum Gasteiger partial charge on any atom is -0.507 e. The zero-order valence-corrected chi connectivity index (χ0v) is 11.9. The molecule has 110 valence electrons. The number of hydrogen-bond acceptors (Lipinski definition) is 5. The molecule has 1 aromatic rings. The van der Waals surface area contributed by atoms with E-state index >= 15 is 0 Å². The first-order valence-corrected chi connectivity index (χ1v) is 6.48. The standard InChI is InChI=1S/C14H20N2O4/c1-14(2,13(18)15-3)7-16-6-9-4-11-12(5-10(9)17)20-8-19-11/h4-5,16-17H,6-8H2,1-3H3,(H,15,18). The zero-order valence-electron chi connectivity index (χ0n) is 11.9. The minimum atomic E-state index is -0.513. The highest BCUT2D eigenvalue weighted by Gasteiger charge is 2.26. The molecule has 1 heterocycles. The maximum Gasteiger partial charge on any atom is 0.231 e. The van der Waals surface area contributed by atoms with Gasteiger partial charge >= 0.3 is 0 Å². The number of phenols is 1. The van der Waals surface area contributed by atoms with Crippen LogP contribution in [0.4, 0.5) is 0 Å². The predicted molar refractivity (Wildman–Crippen MR) is 73.8 cm³/mol. The number of phenolic OH excluding ortho intramolecular Hbond substituents is 1. The third kappa shape index (κ3) is 2.96. The Morgan fingerprint density at radius 2 is 2.00 bits per heavy atom. The Bertz CT molecular complexity index is 514. The average molecular weight is 280 g/mol. The predicted octanol–water partition coefficient (Wildman–Crippen LogP) is 0.983. The smallest absolute Gasteiger partial charge is 0.231 e. The van der Waals surface area contributed by atoms with Gasteiger partial charge in [0.15, 0.2) is 11.5 Å². The normalized spacial score (nSPS) is 13.3. The minimum absolute atomic E-state index is 0.0279. The van der Waals surface area contributed by atoms with Crippen molar-refractivity contribution in [1.29, 1.82) is 0 Å². The molecule has 3 N–H and O–H groups in total. The molecule has 0 aliphatic carbocycles. The molecule has 1 aromatic carbocycles. The number of carbonyl (C=O) groups excluding carboxylic acids is 1. The second-order valence-corrected chi connectivity index (χ2v) is 5.40. The summed E-state index contributed by atoms with van der Waals surface area (Å²) in [5.41, 5.74) is 0.197. The van der Waals surface area contributed by atoms with Gasteiger partial charge in [-0.25, -0.2) is 0 Å². The molecule has 0 unspecified atom stereocenters. The fourth-order valence-electron chi connectivity index (χ4n) is 2.04. The van der Waals surface area contributed by atoms with Crippen molar-refractivity contribution < 1.29 is 19.4 Å². The molecule has 1 amide bonds. The molecule has 0 radical (unpaired) electrons. The second-order valence-electron chi connectivity index (χ2n) is 5.40. The van der Waals surface area contributed by atoms with Gasteiger partial charge in [0.25, 0.3) is 0 Å². The molecule has 0 atom stereocenters. The van der Waals surface area contributed by atoms with E-state index < -0.39 is 5.41 Å². The number of rotatable bonds is 5. The van der Waals surface area contributed by atoms with Gasteiger partial charge in [-0.1, -0.05) is 0 Å². The van der Waals surface area contributed by atoms with Crippen molar-refractivity contribution in [3.8, 4) is 17.2 Å². The molecule has 0 saturated carbocycles. The molecular weight excluding hydrogens is 260 g/mol. The summed E-state index contributed by atoms with van der Waals surface area (Å²) in [6, 6.07) is 3.29. The van der Waals surface area contributed by atoms with Crippen LogP contribution in [0.25, 0.3) is 0 Å². The van der Waals surface area contributed by atoms with Crippen LogP contribution in [0.3, 0.4) is 0 Å². The van der Waals surface area contributed by atoms with E-state index in [1.54, 1.807) is 19.2 Å². The summed E-state index contributed by atoms with van der Waals surface area (Å²) in [6.07, 6.45) is 0. The van der Waals surface area contributed by atoms with Crippen LogP contribution in [0.5, 0.6) is 17.2 Å². The molecule has 0 saturated heterocycles. The van der Waals surface area contributed by atoms with Crippen molar-refractivity contribution in [2.45, 2.75) is 20.4 Å². The first kappa shape index (κ1) is 14.5. The molecule has 0 fully saturated rings. The average Bonchev–Trinajstić information content (AvgIpc) is 2.84. The van der Waals surface area contributed by atoms with Crippen molar-refractivity contribution in [3.05, 3.63) is 17.7 Å². The highest BCUT2D eigenvalue weighted by Crippen LogP contribution is 2.37. The molecule has 6 heteroatoms. The van der Waals surface area contributed by atoms with E-state index in [1.807, 2.05) is 13.8 Å². The largest absolute Gasteiger partial charge is 0.507 e. The van der Waals surface area contributed by atoms with Gasteiger partial charge in [0.2, 0.25) is 12.7 Å². The Morgan fingerprint density at radius 3 is 2.65 bits per heavy atom. The summed E-state index contributed by atoms with van der Waals surface area (Å²) < 4.78 is 10.5. The quantitative estimate of drug-likeness (QED) is 0.749. The van der Waals surface area contributed by atoms with Crippen LogP contribution in [0.2, 0.25) is 0 Å². The van der Waals surface area contributed by atoms with Gasteiger partial charge in [-0.2, -0.15) is 0 Å². The van der Waals surface area contributed by atoms with E-state index in [0.717, 1.165) is 0 Å². The summed E-state index contributed by atoms with van der Waals surface area (Å²) in [5.74, 6) is 1.31. The van der Waals surface area contributed by atoms with Gasteiger partial charge in [-0.05, 0) is 19.9 Å². The van der Waals surface area contributed by atoms with Crippen LogP contribution in [0, 0.1) is 5.41 Å². The van der Waals surface area contributed by atoms with Crippen LogP contribution in [0.1, 0.15) is 19.4 Å². The van der Waals surface area contributed by atoms with Gasteiger partial charge in [-0.3, -0.25) is 4.79 Å². The number of aromatic hydroxyl groups is 1. The number of hydrogen-bond donors (Lipinski definition) is 3. The Morgan fingerprint density at radius 1 is 1.35 bits per heavy atom. The molecule has 1 aliphatic heterocycles. The van der Waals surface area contributed by atoms with E-state index in [0.29, 0.717) is 30.2 Å². The summed E-state index contributed by atoms with van der Waals surface area (Å²) in [7, 11) is 1.62. The highest BCUT2D eigenvalue weighted by molar-refractivity contribution is 5.81. The Hall–Kier alpha value is -1.95. The van der Waals surface area contributed by atoms with Crippen molar-refractivity contribution in [1.82, 2.24) is 10.6 Å². The van der Waals surface area contributed by atoms with Crippen LogP contribution in [0.15, 0.2) is 12.1 Å². The third-order valence-electron chi connectivity index (χ3n) is 3.30. The van der Waals surface area contributed by atoms with Crippen molar-refractivity contribution in [3.63, 3.8) is 0 Å². The zero-order chi connectivity index (χ0) is 14.8.